The van der Waals surface area contributed by atoms with Crippen LogP contribution in [0.2, 0.25) is 0 Å². The molecular weight excluding hydrogens is 224 g/mol. The molecule has 0 aliphatic carbocycles. The maximum absolute atomic E-state index is 4.34. The van der Waals surface area contributed by atoms with Gasteiger partial charge in [0.15, 0.2) is 0 Å². The van der Waals surface area contributed by atoms with Crippen LogP contribution in [0.1, 0.15) is 32.8 Å². The van der Waals surface area contributed by atoms with E-state index < -0.39 is 0 Å². The molecule has 1 N–H and O–H groups in total. The van der Waals surface area contributed by atoms with Gasteiger partial charge in [-0.15, -0.1) is 0 Å². The minimum Gasteiger partial charge on any atom is -0.314 e. The summed E-state index contributed by atoms with van der Waals surface area (Å²) in [6.07, 6.45) is 5.43. The topological polar surface area (TPSA) is 33.1 Å². The number of nitrogens with one attached hydrogen (secondary N) is 1. The van der Waals surface area contributed by atoms with E-state index in [1.807, 2.05) is 10.9 Å². The zero-order valence-electron chi connectivity index (χ0n) is 11.9. The molecule has 1 saturated heterocycles. The number of hydrogen-bond donors (Lipinski definition) is 1. The molecule has 0 aromatic carbocycles. The monoisotopic (exact) mass is 250 g/mol. The van der Waals surface area contributed by atoms with Crippen molar-refractivity contribution < 1.29 is 0 Å². The van der Waals surface area contributed by atoms with E-state index in [4.69, 9.17) is 0 Å². The summed E-state index contributed by atoms with van der Waals surface area (Å²) in [5, 5.41) is 7.93. The van der Waals surface area contributed by atoms with Gasteiger partial charge in [-0.1, -0.05) is 13.8 Å². The van der Waals surface area contributed by atoms with E-state index in [1.165, 1.54) is 25.1 Å². The quantitative estimate of drug-likeness (QED) is 0.864. The van der Waals surface area contributed by atoms with Crippen molar-refractivity contribution in [1.82, 2.24) is 20.0 Å². The van der Waals surface area contributed by atoms with Crippen LogP contribution < -0.4 is 5.32 Å². The van der Waals surface area contributed by atoms with Gasteiger partial charge in [0.25, 0.3) is 0 Å². The van der Waals surface area contributed by atoms with Crippen molar-refractivity contribution in [2.45, 2.75) is 46.3 Å². The first-order valence-corrected chi connectivity index (χ1v) is 7.20. The van der Waals surface area contributed by atoms with Crippen LogP contribution in [0, 0.1) is 5.92 Å². The summed E-state index contributed by atoms with van der Waals surface area (Å²) in [6.45, 7) is 12.1. The predicted octanol–water partition coefficient (Wildman–Crippen LogP) is 1.72. The molecule has 1 fully saturated rings. The Morgan fingerprint density at radius 1 is 1.44 bits per heavy atom. The Bertz CT molecular complexity index is 360. The minimum absolute atomic E-state index is 0.699. The summed E-state index contributed by atoms with van der Waals surface area (Å²) < 4.78 is 2.00. The van der Waals surface area contributed by atoms with Gasteiger partial charge in [0.2, 0.25) is 0 Å². The first kappa shape index (κ1) is 13.6. The standard InChI is InChI=1S/C14H26N4/c1-4-15-14-6-7-17(9-12(14)3)10-13-8-16-18(5-2)11-13/h8,11-12,14-15H,4-7,9-10H2,1-3H3. The molecule has 102 valence electrons. The second-order valence-electron chi connectivity index (χ2n) is 5.37. The summed E-state index contributed by atoms with van der Waals surface area (Å²) in [7, 11) is 0. The number of aryl methyl sites for hydroxylation is 1. The van der Waals surface area contributed by atoms with Crippen LogP contribution in [-0.2, 0) is 13.1 Å². The number of nitrogens with zero attached hydrogens (tertiary/aromatic N) is 3. The molecule has 1 aliphatic rings. The molecule has 0 amide bonds. The fourth-order valence-electron chi connectivity index (χ4n) is 2.86. The third-order valence-corrected chi connectivity index (χ3v) is 3.87. The van der Waals surface area contributed by atoms with Crippen molar-refractivity contribution in [1.29, 1.82) is 0 Å². The van der Waals surface area contributed by atoms with Crippen LogP contribution in [0.4, 0.5) is 0 Å². The lowest BCUT2D eigenvalue weighted by Gasteiger charge is -2.37. The van der Waals surface area contributed by atoms with E-state index in [2.05, 4.69) is 42.3 Å². The molecule has 1 aromatic heterocycles. The molecule has 0 radical (unpaired) electrons. The average molecular weight is 250 g/mol. The molecule has 0 spiro atoms. The van der Waals surface area contributed by atoms with Crippen molar-refractivity contribution in [3.8, 4) is 0 Å². The Morgan fingerprint density at radius 2 is 2.28 bits per heavy atom. The molecule has 2 rings (SSSR count). The molecule has 2 unspecified atom stereocenters. The number of aromatic nitrogens is 2. The van der Waals surface area contributed by atoms with Crippen LogP contribution >= 0.6 is 0 Å². The lowest BCUT2D eigenvalue weighted by molar-refractivity contribution is 0.142. The Kier molecular flexibility index (Phi) is 4.78. The lowest BCUT2D eigenvalue weighted by atomic mass is 9.93. The first-order chi connectivity index (χ1) is 8.72. The highest BCUT2D eigenvalue weighted by Gasteiger charge is 2.25. The number of piperidine rings is 1. The lowest BCUT2D eigenvalue weighted by Crippen LogP contribution is -2.47. The number of likely N-dealkylation sites (tertiary alicyclic amines) is 1. The van der Waals surface area contributed by atoms with Crippen LogP contribution in [0.3, 0.4) is 0 Å². The summed E-state index contributed by atoms with van der Waals surface area (Å²) in [5.74, 6) is 0.736. The van der Waals surface area contributed by atoms with Gasteiger partial charge in [-0.3, -0.25) is 9.58 Å². The van der Waals surface area contributed by atoms with Crippen molar-refractivity contribution in [3.05, 3.63) is 18.0 Å². The highest BCUT2D eigenvalue weighted by atomic mass is 15.3. The normalized spacial score (nSPS) is 25.5. The second-order valence-corrected chi connectivity index (χ2v) is 5.37. The summed E-state index contributed by atoms with van der Waals surface area (Å²) in [4.78, 5) is 2.55. The Morgan fingerprint density at radius 3 is 2.89 bits per heavy atom. The zero-order valence-corrected chi connectivity index (χ0v) is 11.9. The van der Waals surface area contributed by atoms with E-state index >= 15 is 0 Å². The third kappa shape index (κ3) is 3.33. The molecule has 4 heteroatoms. The number of hydrogen-bond acceptors (Lipinski definition) is 3. The van der Waals surface area contributed by atoms with E-state index in [0.717, 1.165) is 25.6 Å². The van der Waals surface area contributed by atoms with Gasteiger partial charge in [0.05, 0.1) is 6.20 Å². The molecule has 0 bridgehead atoms. The smallest absolute Gasteiger partial charge is 0.0534 e. The summed E-state index contributed by atoms with van der Waals surface area (Å²) in [5.41, 5.74) is 1.34. The predicted molar refractivity (Wildman–Crippen MR) is 74.4 cm³/mol. The van der Waals surface area contributed by atoms with Crippen molar-refractivity contribution in [2.24, 2.45) is 5.92 Å². The van der Waals surface area contributed by atoms with Crippen LogP contribution in [0.25, 0.3) is 0 Å². The largest absolute Gasteiger partial charge is 0.314 e. The molecule has 1 aromatic rings. The molecule has 2 heterocycles. The van der Waals surface area contributed by atoms with Crippen LogP contribution in [-0.4, -0.2) is 40.4 Å². The van der Waals surface area contributed by atoms with Gasteiger partial charge in [0, 0.05) is 37.4 Å². The van der Waals surface area contributed by atoms with Crippen LogP contribution in [0.5, 0.6) is 0 Å². The maximum atomic E-state index is 4.34. The van der Waals surface area contributed by atoms with E-state index in [-0.39, 0.29) is 0 Å². The molecular formula is C14H26N4. The molecule has 18 heavy (non-hydrogen) atoms. The number of rotatable bonds is 5. The van der Waals surface area contributed by atoms with E-state index in [0.29, 0.717) is 6.04 Å². The van der Waals surface area contributed by atoms with Gasteiger partial charge >= 0.3 is 0 Å². The van der Waals surface area contributed by atoms with Gasteiger partial charge in [-0.25, -0.2) is 0 Å². The Hall–Kier alpha value is -0.870. The zero-order chi connectivity index (χ0) is 13.0. The molecule has 4 nitrogen and oxygen atoms in total. The van der Waals surface area contributed by atoms with Crippen molar-refractivity contribution in [2.75, 3.05) is 19.6 Å². The summed E-state index contributed by atoms with van der Waals surface area (Å²) in [6, 6.07) is 0.699. The fraction of sp³-hybridized carbons (Fsp3) is 0.786. The minimum atomic E-state index is 0.699. The second kappa shape index (κ2) is 6.34. The Balaban J connectivity index is 1.85. The van der Waals surface area contributed by atoms with Gasteiger partial charge in [-0.2, -0.15) is 5.10 Å². The van der Waals surface area contributed by atoms with Gasteiger partial charge in [-0.05, 0) is 32.4 Å². The van der Waals surface area contributed by atoms with Crippen LogP contribution in [0.15, 0.2) is 12.4 Å². The first-order valence-electron chi connectivity index (χ1n) is 7.20. The highest BCUT2D eigenvalue weighted by molar-refractivity contribution is 5.04. The van der Waals surface area contributed by atoms with E-state index in [9.17, 15) is 0 Å². The fourth-order valence-corrected chi connectivity index (χ4v) is 2.86. The van der Waals surface area contributed by atoms with Gasteiger partial charge in [0.1, 0.15) is 0 Å². The molecule has 2 atom stereocenters. The van der Waals surface area contributed by atoms with Crippen molar-refractivity contribution >= 4 is 0 Å². The van der Waals surface area contributed by atoms with Crippen molar-refractivity contribution in [3.63, 3.8) is 0 Å². The Labute approximate surface area is 110 Å². The summed E-state index contributed by atoms with van der Waals surface area (Å²) >= 11 is 0. The maximum Gasteiger partial charge on any atom is 0.0534 e. The molecule has 0 saturated carbocycles. The molecule has 1 aliphatic heterocycles. The average Bonchev–Trinajstić information content (AvgIpc) is 2.80. The highest BCUT2D eigenvalue weighted by Crippen LogP contribution is 2.18. The van der Waals surface area contributed by atoms with Gasteiger partial charge < -0.3 is 5.32 Å². The van der Waals surface area contributed by atoms with E-state index in [1.54, 1.807) is 0 Å². The third-order valence-electron chi connectivity index (χ3n) is 3.87. The SMILES string of the molecule is CCNC1CCN(Cc2cnn(CC)c2)CC1C.